The van der Waals surface area contributed by atoms with Gasteiger partial charge in [0, 0.05) is 38.4 Å². The second-order valence-corrected chi connectivity index (χ2v) is 8.67. The number of likely N-dealkylation sites (N-methyl/N-ethyl adjacent to an activating group) is 1. The number of hydrogen-bond donors (Lipinski definition) is 1. The summed E-state index contributed by atoms with van der Waals surface area (Å²) in [6.45, 7) is 4.36. The van der Waals surface area contributed by atoms with Crippen molar-refractivity contribution in [2.75, 3.05) is 51.8 Å². The zero-order valence-corrected chi connectivity index (χ0v) is 17.0. The van der Waals surface area contributed by atoms with Gasteiger partial charge in [0.2, 0.25) is 10.0 Å². The summed E-state index contributed by atoms with van der Waals surface area (Å²) < 4.78 is 45.8. The maximum absolute atomic E-state index is 13.8. The molecule has 6 nitrogen and oxygen atoms in total. The number of hydrogen-bond acceptors (Lipinski definition) is 5. The maximum atomic E-state index is 13.8. The van der Waals surface area contributed by atoms with Gasteiger partial charge in [-0.15, -0.1) is 0 Å². The van der Waals surface area contributed by atoms with Crippen LogP contribution in [0.2, 0.25) is 0 Å². The van der Waals surface area contributed by atoms with Gasteiger partial charge in [0.05, 0.1) is 12.0 Å². The van der Waals surface area contributed by atoms with Crippen LogP contribution in [0.25, 0.3) is 0 Å². The van der Waals surface area contributed by atoms with Crippen molar-refractivity contribution in [3.05, 3.63) is 53.8 Å². The summed E-state index contributed by atoms with van der Waals surface area (Å²) in [4.78, 5) is 4.55. The number of halogens is 1. The first-order valence-electron chi connectivity index (χ1n) is 9.25. The Balaban J connectivity index is 1.55. The number of anilines is 1. The highest BCUT2D eigenvalue weighted by Crippen LogP contribution is 2.21. The molecule has 0 unspecified atom stereocenters. The van der Waals surface area contributed by atoms with E-state index in [1.54, 1.807) is 0 Å². The molecule has 0 saturated carbocycles. The fourth-order valence-electron chi connectivity index (χ4n) is 3.17. The lowest BCUT2D eigenvalue weighted by atomic mass is 10.1. The molecular formula is C20H26FN3O3S. The monoisotopic (exact) mass is 407 g/mol. The van der Waals surface area contributed by atoms with Crippen LogP contribution >= 0.6 is 0 Å². The van der Waals surface area contributed by atoms with Crippen molar-refractivity contribution in [2.24, 2.45) is 0 Å². The zero-order chi connectivity index (χ0) is 20.1. The molecule has 28 heavy (non-hydrogen) atoms. The number of benzene rings is 2. The molecule has 1 aliphatic heterocycles. The van der Waals surface area contributed by atoms with E-state index in [4.69, 9.17) is 4.74 Å². The summed E-state index contributed by atoms with van der Waals surface area (Å²) in [5, 5.41) is 0. The van der Waals surface area contributed by atoms with E-state index >= 15 is 0 Å². The van der Waals surface area contributed by atoms with Gasteiger partial charge in [-0.25, -0.2) is 17.5 Å². The number of sulfonamides is 1. The molecule has 2 aromatic rings. The first kappa shape index (κ1) is 20.6. The topological polar surface area (TPSA) is 61.9 Å². The molecule has 2 aromatic carbocycles. The molecule has 1 fully saturated rings. The van der Waals surface area contributed by atoms with Gasteiger partial charge in [-0.2, -0.15) is 0 Å². The van der Waals surface area contributed by atoms with Gasteiger partial charge in [0.15, 0.2) is 11.6 Å². The SMILES string of the molecule is COc1ccc(S(=O)(=O)NCCc2ccc(N3CCN(C)CC3)cc2)cc1F. The standard InChI is InChI=1S/C20H26FN3O3S/c1-23-11-13-24(14-12-23)17-5-3-16(4-6-17)9-10-22-28(25,26)18-7-8-20(27-2)19(21)15-18/h3-8,15,22H,9-14H2,1-2H3. The van der Waals surface area contributed by atoms with Crippen LogP contribution in [0.5, 0.6) is 5.75 Å². The van der Waals surface area contributed by atoms with Crippen LogP contribution in [-0.4, -0.2) is 60.2 Å². The van der Waals surface area contributed by atoms with Crippen molar-refractivity contribution in [1.82, 2.24) is 9.62 Å². The molecular weight excluding hydrogens is 381 g/mol. The molecule has 0 amide bonds. The highest BCUT2D eigenvalue weighted by molar-refractivity contribution is 7.89. The minimum atomic E-state index is -3.77. The second kappa shape index (κ2) is 8.89. The highest BCUT2D eigenvalue weighted by Gasteiger charge is 2.17. The van der Waals surface area contributed by atoms with Crippen molar-refractivity contribution in [1.29, 1.82) is 0 Å². The number of nitrogens with zero attached hydrogens (tertiary/aromatic N) is 2. The number of rotatable bonds is 7. The van der Waals surface area contributed by atoms with Crippen molar-refractivity contribution in [2.45, 2.75) is 11.3 Å². The Morgan fingerprint density at radius 2 is 1.75 bits per heavy atom. The third-order valence-electron chi connectivity index (χ3n) is 4.94. The van der Waals surface area contributed by atoms with Gasteiger partial charge in [-0.3, -0.25) is 0 Å². The minimum Gasteiger partial charge on any atom is -0.494 e. The van der Waals surface area contributed by atoms with Gasteiger partial charge >= 0.3 is 0 Å². The van der Waals surface area contributed by atoms with E-state index in [0.29, 0.717) is 6.42 Å². The molecule has 0 radical (unpaired) electrons. The Morgan fingerprint density at radius 1 is 1.07 bits per heavy atom. The van der Waals surface area contributed by atoms with Gasteiger partial charge < -0.3 is 14.5 Å². The van der Waals surface area contributed by atoms with Gasteiger partial charge in [0.25, 0.3) is 0 Å². The summed E-state index contributed by atoms with van der Waals surface area (Å²) in [6, 6.07) is 11.8. The molecule has 0 aromatic heterocycles. The van der Waals surface area contributed by atoms with E-state index in [0.717, 1.165) is 37.8 Å². The van der Waals surface area contributed by atoms with Gasteiger partial charge in [-0.1, -0.05) is 12.1 Å². The molecule has 8 heteroatoms. The number of ether oxygens (including phenoxy) is 1. The van der Waals surface area contributed by atoms with Crippen LogP contribution in [0.3, 0.4) is 0 Å². The Kier molecular flexibility index (Phi) is 6.53. The molecule has 3 rings (SSSR count). The van der Waals surface area contributed by atoms with Crippen LogP contribution in [0.4, 0.5) is 10.1 Å². The quantitative estimate of drug-likeness (QED) is 0.762. The third kappa shape index (κ3) is 5.01. The van der Waals surface area contributed by atoms with Crippen LogP contribution in [0.1, 0.15) is 5.56 Å². The Bertz CT molecular complexity index is 895. The average Bonchev–Trinajstić information content (AvgIpc) is 2.69. The molecule has 1 aliphatic rings. The van der Waals surface area contributed by atoms with Crippen LogP contribution < -0.4 is 14.4 Å². The molecule has 152 valence electrons. The molecule has 0 atom stereocenters. The van der Waals surface area contributed by atoms with Crippen LogP contribution in [0.15, 0.2) is 47.4 Å². The lowest BCUT2D eigenvalue weighted by Crippen LogP contribution is -2.44. The summed E-state index contributed by atoms with van der Waals surface area (Å²) in [5.41, 5.74) is 2.23. The zero-order valence-electron chi connectivity index (χ0n) is 16.2. The van der Waals surface area contributed by atoms with Crippen molar-refractivity contribution < 1.29 is 17.5 Å². The molecule has 0 aliphatic carbocycles. The molecule has 0 spiro atoms. The van der Waals surface area contributed by atoms with E-state index in [9.17, 15) is 12.8 Å². The Morgan fingerprint density at radius 3 is 2.36 bits per heavy atom. The fourth-order valence-corrected chi connectivity index (χ4v) is 4.21. The number of piperazine rings is 1. The van der Waals surface area contributed by atoms with Crippen LogP contribution in [0, 0.1) is 5.82 Å². The molecule has 1 heterocycles. The predicted molar refractivity (Wildman–Crippen MR) is 108 cm³/mol. The lowest BCUT2D eigenvalue weighted by molar-refractivity contribution is 0.313. The Labute approximate surface area is 166 Å². The fraction of sp³-hybridized carbons (Fsp3) is 0.400. The summed E-state index contributed by atoms with van der Waals surface area (Å²) in [6.07, 6.45) is 0.556. The maximum Gasteiger partial charge on any atom is 0.240 e. The molecule has 1 saturated heterocycles. The van der Waals surface area contributed by atoms with E-state index < -0.39 is 15.8 Å². The average molecular weight is 408 g/mol. The van der Waals surface area contributed by atoms with E-state index in [1.165, 1.54) is 24.9 Å². The summed E-state index contributed by atoms with van der Waals surface area (Å²) >= 11 is 0. The first-order valence-corrected chi connectivity index (χ1v) is 10.7. The predicted octanol–water partition coefficient (Wildman–Crippen LogP) is 2.11. The van der Waals surface area contributed by atoms with Crippen molar-refractivity contribution >= 4 is 15.7 Å². The smallest absolute Gasteiger partial charge is 0.240 e. The molecule has 1 N–H and O–H groups in total. The van der Waals surface area contributed by atoms with Crippen molar-refractivity contribution in [3.63, 3.8) is 0 Å². The summed E-state index contributed by atoms with van der Waals surface area (Å²) in [7, 11) is -0.307. The highest BCUT2D eigenvalue weighted by atomic mass is 32.2. The summed E-state index contributed by atoms with van der Waals surface area (Å²) in [5.74, 6) is -0.690. The Hall–Kier alpha value is -2.16. The number of methoxy groups -OCH3 is 1. The van der Waals surface area contributed by atoms with Crippen LogP contribution in [-0.2, 0) is 16.4 Å². The molecule has 0 bridgehead atoms. The third-order valence-corrected chi connectivity index (χ3v) is 6.40. The lowest BCUT2D eigenvalue weighted by Gasteiger charge is -2.34. The number of nitrogens with one attached hydrogen (secondary N) is 1. The van der Waals surface area contributed by atoms with E-state index in [1.807, 2.05) is 12.1 Å². The minimum absolute atomic E-state index is 0.0133. The van der Waals surface area contributed by atoms with E-state index in [2.05, 4.69) is 33.7 Å². The normalized spacial score (nSPS) is 15.6. The largest absolute Gasteiger partial charge is 0.494 e. The first-order chi connectivity index (χ1) is 13.4. The van der Waals surface area contributed by atoms with E-state index in [-0.39, 0.29) is 17.2 Å². The van der Waals surface area contributed by atoms with Crippen molar-refractivity contribution in [3.8, 4) is 5.75 Å². The van der Waals surface area contributed by atoms with Gasteiger partial charge in [-0.05, 0) is 49.4 Å². The second-order valence-electron chi connectivity index (χ2n) is 6.90. The van der Waals surface area contributed by atoms with Gasteiger partial charge in [0.1, 0.15) is 0 Å².